The fourth-order valence-corrected chi connectivity index (χ4v) is 11.7. The first-order valence-corrected chi connectivity index (χ1v) is 35.5. The quantitative estimate of drug-likeness (QED) is 0.0663. The van der Waals surface area contributed by atoms with Gasteiger partial charge in [-0.2, -0.15) is 0 Å². The number of hydrogen-bond donors (Lipinski definition) is 4. The zero-order chi connectivity index (χ0) is 65.1. The minimum atomic E-state index is -1.41. The van der Waals surface area contributed by atoms with Gasteiger partial charge in [0.05, 0.1) is 65.8 Å². The van der Waals surface area contributed by atoms with Crippen molar-refractivity contribution in [2.75, 3.05) is 84.4 Å². The zero-order valence-corrected chi connectivity index (χ0v) is 61.3. The zero-order valence-electron chi connectivity index (χ0n) is 53.4. The number of rotatable bonds is 12. The second-order valence-electron chi connectivity index (χ2n) is 23.1. The van der Waals surface area contributed by atoms with Gasteiger partial charge in [0.2, 0.25) is 0 Å². The number of halogens is 5. The SMILES string of the molecule is C1CNC1.Cc1ccc(-c2ccoc2)c(CN2CCC2)n1.Cc1ccc(Br)c(C)n1.Cc1ccc(Br)c(CBr)n1.Cc1ccc(Br)c(CN2CCC2)n1.Cc1ccc(Br)c(CN2CCC2)n1.Nc1ccc(C2CCOC2)c(CN2CCC2)n1.OB(O)c1ccoc1. The molecule has 5 N–H and O–H groups in total. The summed E-state index contributed by atoms with van der Waals surface area (Å²) in [4.78, 5) is 36.4. The Kier molecular flexibility index (Phi) is 31.9. The number of nitrogens with one attached hydrogen (secondary N) is 1. The first kappa shape index (κ1) is 73.8. The van der Waals surface area contributed by atoms with E-state index in [0.29, 0.717) is 17.2 Å². The number of nitrogens with zero attached hydrogens (tertiary/aromatic N) is 10. The van der Waals surface area contributed by atoms with Crippen molar-refractivity contribution < 1.29 is 23.6 Å². The molecule has 0 spiro atoms. The van der Waals surface area contributed by atoms with E-state index >= 15 is 0 Å². The molecule has 6 aliphatic rings. The Bertz CT molecular complexity index is 3350. The van der Waals surface area contributed by atoms with Gasteiger partial charge in [0.15, 0.2) is 0 Å². The van der Waals surface area contributed by atoms with Crippen LogP contribution in [0.5, 0.6) is 0 Å². The largest absolute Gasteiger partial charge is 0.491 e. The van der Waals surface area contributed by atoms with Crippen LogP contribution in [-0.4, -0.2) is 145 Å². The van der Waals surface area contributed by atoms with Crippen LogP contribution in [0.3, 0.4) is 0 Å². The van der Waals surface area contributed by atoms with Crippen LogP contribution in [0.1, 0.15) is 113 Å². The van der Waals surface area contributed by atoms with E-state index in [2.05, 4.69) is 169 Å². The van der Waals surface area contributed by atoms with Crippen molar-refractivity contribution in [1.29, 1.82) is 0 Å². The van der Waals surface area contributed by atoms with Crippen molar-refractivity contribution in [3.63, 3.8) is 0 Å². The smallest absolute Gasteiger partial charge is 0.473 e. The summed E-state index contributed by atoms with van der Waals surface area (Å²) in [6.07, 6.45) is 14.0. The molecular formula is C68H88BBr5N12O5. The topological polar surface area (TPSA) is 204 Å². The molecule has 8 aromatic heterocycles. The third-order valence-electron chi connectivity index (χ3n) is 15.6. The number of aryl methyl sites for hydroxylation is 6. The first-order valence-electron chi connectivity index (χ1n) is 31.2. The van der Waals surface area contributed by atoms with Crippen LogP contribution >= 0.6 is 79.6 Å². The van der Waals surface area contributed by atoms with Crippen LogP contribution in [0.15, 0.2) is 137 Å². The van der Waals surface area contributed by atoms with Gasteiger partial charge in [-0.1, -0.05) is 28.1 Å². The summed E-state index contributed by atoms with van der Waals surface area (Å²) in [5.74, 6) is 1.14. The van der Waals surface area contributed by atoms with E-state index < -0.39 is 7.12 Å². The Labute approximate surface area is 581 Å². The minimum Gasteiger partial charge on any atom is -0.473 e. The van der Waals surface area contributed by atoms with Gasteiger partial charge in [0.1, 0.15) is 5.82 Å². The molecule has 1 unspecified atom stereocenters. The van der Waals surface area contributed by atoms with Gasteiger partial charge < -0.3 is 34.7 Å². The highest BCUT2D eigenvalue weighted by Gasteiger charge is 2.25. The molecule has 91 heavy (non-hydrogen) atoms. The van der Waals surface area contributed by atoms with Gasteiger partial charge in [-0.3, -0.25) is 44.5 Å². The number of nitrogen functional groups attached to an aromatic ring is 1. The number of aromatic nitrogens is 6. The Balaban J connectivity index is 0.000000151. The monoisotopic (exact) mass is 1560 g/mol. The molecule has 0 saturated carbocycles. The number of furan rings is 2. The van der Waals surface area contributed by atoms with E-state index in [4.69, 9.17) is 24.9 Å². The summed E-state index contributed by atoms with van der Waals surface area (Å²) in [7, 11) is -1.41. The van der Waals surface area contributed by atoms with E-state index in [9.17, 15) is 0 Å². The van der Waals surface area contributed by atoms with Gasteiger partial charge >= 0.3 is 7.12 Å². The van der Waals surface area contributed by atoms with Crippen LogP contribution in [0.2, 0.25) is 0 Å². The number of pyridine rings is 6. The van der Waals surface area contributed by atoms with Crippen LogP contribution < -0.4 is 16.5 Å². The molecule has 6 aliphatic heterocycles. The molecule has 6 saturated heterocycles. The van der Waals surface area contributed by atoms with E-state index in [1.54, 1.807) is 12.5 Å². The number of hydrogen-bond acceptors (Lipinski definition) is 17. The summed E-state index contributed by atoms with van der Waals surface area (Å²) in [5.41, 5.74) is 22.0. The molecule has 14 heterocycles. The van der Waals surface area contributed by atoms with Gasteiger partial charge in [0.25, 0.3) is 0 Å². The summed E-state index contributed by atoms with van der Waals surface area (Å²) >= 11 is 17.2. The predicted octanol–water partition coefficient (Wildman–Crippen LogP) is 13.4. The van der Waals surface area contributed by atoms with Gasteiger partial charge in [0, 0.05) is 107 Å². The summed E-state index contributed by atoms with van der Waals surface area (Å²) in [6.45, 7) is 29.8. The molecule has 0 aromatic carbocycles. The molecule has 0 amide bonds. The number of likely N-dealkylation sites (tertiary alicyclic amines) is 4. The van der Waals surface area contributed by atoms with Crippen LogP contribution in [0, 0.1) is 41.5 Å². The summed E-state index contributed by atoms with van der Waals surface area (Å²) < 4.78 is 19.6. The second kappa shape index (κ2) is 39.3. The van der Waals surface area contributed by atoms with Crippen molar-refractivity contribution in [1.82, 2.24) is 54.8 Å². The van der Waals surface area contributed by atoms with E-state index in [1.165, 1.54) is 139 Å². The third-order valence-corrected chi connectivity index (χ3v) is 19.2. The maximum atomic E-state index is 8.41. The van der Waals surface area contributed by atoms with Gasteiger partial charge in [-0.25, -0.2) is 4.98 Å². The Morgan fingerprint density at radius 1 is 0.505 bits per heavy atom. The van der Waals surface area contributed by atoms with Crippen molar-refractivity contribution in [3.8, 4) is 11.1 Å². The standard InChI is InChI=1S/C14H16N2O.C13H19N3O.2C10H13BrN2.C7H7Br2N.C7H8BrN.C4H5BO3.C3H7N/c1-11-3-4-13(12-5-8-17-10-12)14(15-11)9-16-6-2-7-16;14-13-3-2-11(10-4-7-17-9-10)12(15-13)8-16-5-1-6-16;2*1-8-3-4-9(11)10(12-8)7-13-5-2-6-13;1-5-2-3-6(9)7(4-8)10-5;1-5-3-4-7(8)6(2)9-5;6-5(7)4-1-2-8-3-4;1-2-4-3-1/h3-5,8,10H,2,6-7,9H2,1H3;2-3,10H,1,4-9H2,(H2,14,15);2*3-4H,2,5-7H2,1H3;2-3H,4H2,1H3;3-4H,1-2H3;1-3,6-7H;4H,1-3H2. The summed E-state index contributed by atoms with van der Waals surface area (Å²) in [5, 5.41) is 20.7. The highest BCUT2D eigenvalue weighted by Crippen LogP contribution is 2.30. The molecule has 488 valence electrons. The second-order valence-corrected chi connectivity index (χ2v) is 27.1. The normalized spacial score (nSPS) is 16.4. The molecular weight excluding hydrogens is 1480 g/mol. The number of nitrogens with two attached hydrogens (primary N) is 1. The minimum absolute atomic E-state index is 0.380. The molecule has 0 radical (unpaired) electrons. The fourth-order valence-electron chi connectivity index (χ4n) is 9.59. The highest BCUT2D eigenvalue weighted by atomic mass is 79.9. The van der Waals surface area contributed by atoms with Crippen LogP contribution in [-0.2, 0) is 36.2 Å². The lowest BCUT2D eigenvalue weighted by Gasteiger charge is -2.31. The van der Waals surface area contributed by atoms with Crippen LogP contribution in [0.4, 0.5) is 5.82 Å². The van der Waals surface area contributed by atoms with Crippen molar-refractivity contribution in [2.24, 2.45) is 0 Å². The molecule has 1 atom stereocenters. The van der Waals surface area contributed by atoms with Crippen molar-refractivity contribution in [2.45, 2.75) is 117 Å². The van der Waals surface area contributed by atoms with E-state index in [-0.39, 0.29) is 0 Å². The van der Waals surface area contributed by atoms with E-state index in [1.807, 2.05) is 90.1 Å². The third kappa shape index (κ3) is 25.6. The molecule has 8 aromatic rings. The Hall–Kier alpha value is -4.60. The predicted molar refractivity (Wildman–Crippen MR) is 383 cm³/mol. The molecule has 0 bridgehead atoms. The molecule has 17 nitrogen and oxygen atoms in total. The number of alkyl halides is 1. The molecule has 14 rings (SSSR count). The lowest BCUT2D eigenvalue weighted by atomic mass is 9.83. The molecule has 6 fully saturated rings. The fraction of sp³-hybridized carbons (Fsp3) is 0.441. The average Bonchev–Trinajstić information content (AvgIpc) is 3.85. The molecule has 0 aliphatic carbocycles. The lowest BCUT2D eigenvalue weighted by Crippen LogP contribution is -2.37. The average molecular weight is 1560 g/mol. The van der Waals surface area contributed by atoms with Crippen molar-refractivity contribution in [3.05, 3.63) is 196 Å². The Morgan fingerprint density at radius 2 is 0.934 bits per heavy atom. The van der Waals surface area contributed by atoms with Gasteiger partial charge in [-0.05, 0) is 288 Å². The maximum Gasteiger partial charge on any atom is 0.491 e. The van der Waals surface area contributed by atoms with Crippen LogP contribution in [0.25, 0.3) is 11.1 Å². The maximum absolute atomic E-state index is 8.41. The Morgan fingerprint density at radius 3 is 1.31 bits per heavy atom. The molecule has 23 heteroatoms. The number of anilines is 1. The number of ether oxygens (including phenoxy) is 1. The van der Waals surface area contributed by atoms with E-state index in [0.717, 1.165) is 126 Å². The first-order chi connectivity index (χ1) is 43.9. The van der Waals surface area contributed by atoms with Crippen molar-refractivity contribution >= 4 is 98.0 Å². The van der Waals surface area contributed by atoms with Gasteiger partial charge in [-0.15, -0.1) is 0 Å². The highest BCUT2D eigenvalue weighted by molar-refractivity contribution is 9.11. The lowest BCUT2D eigenvalue weighted by molar-refractivity contribution is 0.169. The summed E-state index contributed by atoms with van der Waals surface area (Å²) in [6, 6.07) is 27.9.